The molecule has 0 aliphatic rings. The van der Waals surface area contributed by atoms with Gasteiger partial charge in [-0.05, 0) is 46.8 Å². The summed E-state index contributed by atoms with van der Waals surface area (Å²) in [5, 5.41) is 4.24. The molecule has 1 aromatic heterocycles. The predicted molar refractivity (Wildman–Crippen MR) is 85.5 cm³/mol. The SMILES string of the molecule is CCOC(=O)C(Cc1ccsc1Br)(NC(C)=O)C(=O)OCC. The Morgan fingerprint density at radius 3 is 2.14 bits per heavy atom. The van der Waals surface area contributed by atoms with Crippen LogP contribution in [-0.4, -0.2) is 36.6 Å². The van der Waals surface area contributed by atoms with Crippen LogP contribution in [0, 0.1) is 0 Å². The van der Waals surface area contributed by atoms with Gasteiger partial charge in [0.1, 0.15) is 0 Å². The number of hydrogen-bond acceptors (Lipinski definition) is 6. The van der Waals surface area contributed by atoms with Gasteiger partial charge in [-0.1, -0.05) is 0 Å². The van der Waals surface area contributed by atoms with Crippen LogP contribution in [0.2, 0.25) is 0 Å². The minimum atomic E-state index is -1.89. The van der Waals surface area contributed by atoms with E-state index in [9.17, 15) is 14.4 Å². The van der Waals surface area contributed by atoms with Crippen LogP contribution in [0.25, 0.3) is 0 Å². The molecule has 122 valence electrons. The molecular weight excluding hydrogens is 374 g/mol. The third-order valence-electron chi connectivity index (χ3n) is 2.79. The fourth-order valence-electron chi connectivity index (χ4n) is 1.91. The molecule has 0 atom stereocenters. The van der Waals surface area contributed by atoms with Crippen molar-refractivity contribution in [1.29, 1.82) is 0 Å². The van der Waals surface area contributed by atoms with Gasteiger partial charge in [0.25, 0.3) is 0 Å². The first-order valence-corrected chi connectivity index (χ1v) is 8.39. The molecule has 8 heteroatoms. The molecule has 1 heterocycles. The maximum absolute atomic E-state index is 12.4. The second-order valence-electron chi connectivity index (χ2n) is 4.42. The van der Waals surface area contributed by atoms with Crippen LogP contribution >= 0.6 is 27.3 Å². The standard InChI is InChI=1S/C14H18BrNO5S/c1-4-20-12(18)14(16-9(3)17,13(19)21-5-2)8-10-6-7-22-11(10)15/h6-7H,4-5,8H2,1-3H3,(H,16,17). The van der Waals surface area contributed by atoms with Gasteiger partial charge in [0, 0.05) is 13.3 Å². The highest BCUT2D eigenvalue weighted by Crippen LogP contribution is 2.28. The monoisotopic (exact) mass is 391 g/mol. The van der Waals surface area contributed by atoms with Crippen LogP contribution in [0.1, 0.15) is 26.3 Å². The van der Waals surface area contributed by atoms with Gasteiger partial charge in [-0.15, -0.1) is 11.3 Å². The zero-order chi connectivity index (χ0) is 16.8. The Morgan fingerprint density at radius 1 is 1.23 bits per heavy atom. The van der Waals surface area contributed by atoms with Gasteiger partial charge in [0.2, 0.25) is 11.4 Å². The van der Waals surface area contributed by atoms with Crippen LogP contribution in [0.4, 0.5) is 0 Å². The number of carbonyl (C=O) groups excluding carboxylic acids is 3. The minimum Gasteiger partial charge on any atom is -0.464 e. The molecule has 1 amide bonds. The van der Waals surface area contributed by atoms with Crippen LogP contribution in [0.5, 0.6) is 0 Å². The van der Waals surface area contributed by atoms with Gasteiger partial charge < -0.3 is 14.8 Å². The molecule has 1 aromatic rings. The zero-order valence-electron chi connectivity index (χ0n) is 12.6. The molecule has 1 N–H and O–H groups in total. The molecule has 0 radical (unpaired) electrons. The van der Waals surface area contributed by atoms with E-state index >= 15 is 0 Å². The van der Waals surface area contributed by atoms with E-state index in [4.69, 9.17) is 9.47 Å². The van der Waals surface area contributed by atoms with Crippen molar-refractivity contribution in [3.05, 3.63) is 20.8 Å². The van der Waals surface area contributed by atoms with E-state index in [0.717, 1.165) is 3.79 Å². The summed E-state index contributed by atoms with van der Waals surface area (Å²) in [7, 11) is 0. The van der Waals surface area contributed by atoms with Crippen LogP contribution in [0.15, 0.2) is 15.2 Å². The van der Waals surface area contributed by atoms with Crippen molar-refractivity contribution in [1.82, 2.24) is 5.32 Å². The summed E-state index contributed by atoms with van der Waals surface area (Å²) >= 11 is 4.78. The summed E-state index contributed by atoms with van der Waals surface area (Å²) in [6, 6.07) is 1.77. The highest BCUT2D eigenvalue weighted by Gasteiger charge is 2.50. The first-order valence-electron chi connectivity index (χ1n) is 6.72. The molecule has 0 fully saturated rings. The highest BCUT2D eigenvalue weighted by molar-refractivity contribution is 9.11. The van der Waals surface area contributed by atoms with E-state index in [-0.39, 0.29) is 19.6 Å². The highest BCUT2D eigenvalue weighted by atomic mass is 79.9. The number of amides is 1. The third-order valence-corrected chi connectivity index (χ3v) is 4.60. The Kier molecular flexibility index (Phi) is 7.02. The van der Waals surface area contributed by atoms with Crippen molar-refractivity contribution >= 4 is 45.1 Å². The Labute approximate surface area is 141 Å². The molecule has 0 aliphatic carbocycles. The Morgan fingerprint density at radius 2 is 1.77 bits per heavy atom. The smallest absolute Gasteiger partial charge is 0.344 e. The molecule has 1 rings (SSSR count). The van der Waals surface area contributed by atoms with Crippen molar-refractivity contribution in [2.24, 2.45) is 0 Å². The van der Waals surface area contributed by atoms with E-state index in [1.807, 2.05) is 5.38 Å². The fourth-order valence-corrected chi connectivity index (χ4v) is 3.15. The predicted octanol–water partition coefficient (Wildman–Crippen LogP) is 2.05. The van der Waals surface area contributed by atoms with Crippen molar-refractivity contribution in [3.8, 4) is 0 Å². The largest absolute Gasteiger partial charge is 0.464 e. The van der Waals surface area contributed by atoms with E-state index in [1.165, 1.54) is 18.3 Å². The Hall–Kier alpha value is -1.41. The summed E-state index contributed by atoms with van der Waals surface area (Å²) in [5.74, 6) is -2.18. The molecule has 6 nitrogen and oxygen atoms in total. The Bertz CT molecular complexity index is 539. The number of rotatable bonds is 7. The summed E-state index contributed by atoms with van der Waals surface area (Å²) in [5.41, 5.74) is -1.18. The summed E-state index contributed by atoms with van der Waals surface area (Å²) in [6.45, 7) is 4.66. The molecular formula is C14H18BrNO5S. The van der Waals surface area contributed by atoms with E-state index in [1.54, 1.807) is 19.9 Å². The minimum absolute atomic E-state index is 0.0473. The van der Waals surface area contributed by atoms with Crippen LogP contribution in [0.3, 0.4) is 0 Å². The van der Waals surface area contributed by atoms with E-state index in [0.29, 0.717) is 5.56 Å². The first-order chi connectivity index (χ1) is 10.4. The maximum Gasteiger partial charge on any atom is 0.344 e. The number of ether oxygens (including phenoxy) is 2. The summed E-state index contributed by atoms with van der Waals surface area (Å²) in [6.07, 6.45) is -0.0473. The fraction of sp³-hybridized carbons (Fsp3) is 0.500. The normalized spacial score (nSPS) is 10.9. The number of thiophene rings is 1. The van der Waals surface area contributed by atoms with E-state index in [2.05, 4.69) is 21.2 Å². The van der Waals surface area contributed by atoms with Gasteiger partial charge in [-0.2, -0.15) is 0 Å². The van der Waals surface area contributed by atoms with Gasteiger partial charge in [-0.3, -0.25) is 4.79 Å². The lowest BCUT2D eigenvalue weighted by Gasteiger charge is -2.29. The van der Waals surface area contributed by atoms with Crippen LogP contribution in [-0.2, 0) is 30.3 Å². The quantitative estimate of drug-likeness (QED) is 0.568. The second kappa shape index (κ2) is 8.28. The van der Waals surface area contributed by atoms with Crippen LogP contribution < -0.4 is 5.32 Å². The molecule has 0 bridgehead atoms. The molecule has 22 heavy (non-hydrogen) atoms. The van der Waals surface area contributed by atoms with Gasteiger partial charge >= 0.3 is 11.9 Å². The summed E-state index contributed by atoms with van der Waals surface area (Å²) < 4.78 is 10.8. The molecule has 0 aromatic carbocycles. The Balaban J connectivity index is 3.29. The van der Waals surface area contributed by atoms with Crippen molar-refractivity contribution in [2.45, 2.75) is 32.7 Å². The topological polar surface area (TPSA) is 81.7 Å². The second-order valence-corrected chi connectivity index (χ2v) is 6.66. The van der Waals surface area contributed by atoms with Crippen molar-refractivity contribution in [3.63, 3.8) is 0 Å². The summed E-state index contributed by atoms with van der Waals surface area (Å²) in [4.78, 5) is 36.4. The molecule has 0 aliphatic heterocycles. The van der Waals surface area contributed by atoms with Crippen molar-refractivity contribution < 1.29 is 23.9 Å². The zero-order valence-corrected chi connectivity index (χ0v) is 15.0. The van der Waals surface area contributed by atoms with Gasteiger partial charge in [0.05, 0.1) is 17.0 Å². The average Bonchev–Trinajstić information content (AvgIpc) is 2.83. The first kappa shape index (κ1) is 18.6. The lowest BCUT2D eigenvalue weighted by molar-refractivity contribution is -0.168. The molecule has 0 saturated carbocycles. The molecule has 0 spiro atoms. The molecule has 0 unspecified atom stereocenters. The van der Waals surface area contributed by atoms with Gasteiger partial charge in [0.15, 0.2) is 0 Å². The number of esters is 2. The van der Waals surface area contributed by atoms with E-state index < -0.39 is 23.4 Å². The molecule has 0 saturated heterocycles. The lowest BCUT2D eigenvalue weighted by atomic mass is 9.91. The number of halogens is 1. The third kappa shape index (κ3) is 4.30. The lowest BCUT2D eigenvalue weighted by Crippen LogP contribution is -2.62. The van der Waals surface area contributed by atoms with Gasteiger partial charge in [-0.25, -0.2) is 9.59 Å². The number of hydrogen-bond donors (Lipinski definition) is 1. The average molecular weight is 392 g/mol. The number of carbonyl (C=O) groups is 3. The van der Waals surface area contributed by atoms with Crippen molar-refractivity contribution in [2.75, 3.05) is 13.2 Å². The maximum atomic E-state index is 12.4. The number of nitrogens with one attached hydrogen (secondary N) is 1.